The molecule has 0 saturated carbocycles. The molecule has 3 rings (SSSR count). The van der Waals surface area contributed by atoms with E-state index in [1.54, 1.807) is 0 Å². The second-order valence-corrected chi connectivity index (χ2v) is 8.11. The highest BCUT2D eigenvalue weighted by atomic mass is 32.2. The standard InChI is InChI=1S/C18H18F2N2O3S/c1-12-10-13-4-2-3-5-16(13)22(12)11-17(23)21-14-6-8-15(9-7-14)26(24,25)18(19)20/h2-9,12,18H,10-11H2,1H3,(H,21,23)/t12-/m1/s1. The number of sulfone groups is 1. The topological polar surface area (TPSA) is 66.5 Å². The molecule has 1 heterocycles. The summed E-state index contributed by atoms with van der Waals surface area (Å²) in [5, 5.41) is 2.67. The molecule has 0 spiro atoms. The molecule has 1 N–H and O–H groups in total. The summed E-state index contributed by atoms with van der Waals surface area (Å²) in [6, 6.07) is 12.8. The van der Waals surface area contributed by atoms with E-state index < -0.39 is 20.5 Å². The predicted octanol–water partition coefficient (Wildman–Crippen LogP) is 3.07. The van der Waals surface area contributed by atoms with E-state index in [1.165, 1.54) is 17.7 Å². The quantitative estimate of drug-likeness (QED) is 0.866. The van der Waals surface area contributed by atoms with Gasteiger partial charge in [0.2, 0.25) is 15.7 Å². The normalized spacial score (nSPS) is 16.6. The lowest BCUT2D eigenvalue weighted by Gasteiger charge is -2.24. The van der Waals surface area contributed by atoms with Crippen molar-refractivity contribution in [1.29, 1.82) is 0 Å². The Kier molecular flexibility index (Phi) is 4.95. The first-order valence-electron chi connectivity index (χ1n) is 8.05. The lowest BCUT2D eigenvalue weighted by Crippen LogP contribution is -2.37. The number of benzene rings is 2. The van der Waals surface area contributed by atoms with Crippen molar-refractivity contribution >= 4 is 27.1 Å². The molecule has 26 heavy (non-hydrogen) atoms. The number of alkyl halides is 2. The third-order valence-electron chi connectivity index (χ3n) is 4.36. The Labute approximate surface area is 150 Å². The van der Waals surface area contributed by atoms with Gasteiger partial charge in [-0.2, -0.15) is 8.78 Å². The second kappa shape index (κ2) is 7.03. The fourth-order valence-corrected chi connectivity index (χ4v) is 3.78. The lowest BCUT2D eigenvalue weighted by molar-refractivity contribution is -0.115. The van der Waals surface area contributed by atoms with Gasteiger partial charge in [0.15, 0.2) is 0 Å². The number of anilines is 2. The molecule has 0 unspecified atom stereocenters. The Morgan fingerprint density at radius 3 is 2.50 bits per heavy atom. The van der Waals surface area contributed by atoms with E-state index in [-0.39, 0.29) is 18.5 Å². The van der Waals surface area contributed by atoms with Gasteiger partial charge in [-0.15, -0.1) is 0 Å². The SMILES string of the molecule is C[C@@H]1Cc2ccccc2N1CC(=O)Nc1ccc(S(=O)(=O)C(F)F)cc1. The molecule has 8 heteroatoms. The molecular formula is C18H18F2N2O3S. The van der Waals surface area contributed by atoms with Crippen LogP contribution in [0.1, 0.15) is 12.5 Å². The number of carbonyl (C=O) groups is 1. The van der Waals surface area contributed by atoms with Crippen LogP contribution >= 0.6 is 0 Å². The summed E-state index contributed by atoms with van der Waals surface area (Å²) in [5.41, 5.74) is 2.56. The largest absolute Gasteiger partial charge is 0.359 e. The van der Waals surface area contributed by atoms with Crippen molar-refractivity contribution in [1.82, 2.24) is 0 Å². The molecular weight excluding hydrogens is 362 g/mol. The smallest absolute Gasteiger partial charge is 0.341 e. The number of para-hydroxylation sites is 1. The molecule has 0 aromatic heterocycles. The van der Waals surface area contributed by atoms with Gasteiger partial charge in [0.1, 0.15) is 0 Å². The second-order valence-electron chi connectivity index (χ2n) is 6.19. The van der Waals surface area contributed by atoms with Gasteiger partial charge in [-0.1, -0.05) is 18.2 Å². The minimum Gasteiger partial charge on any atom is -0.359 e. The first-order chi connectivity index (χ1) is 12.3. The van der Waals surface area contributed by atoms with Gasteiger partial charge in [0.05, 0.1) is 11.4 Å². The summed E-state index contributed by atoms with van der Waals surface area (Å²) in [6.07, 6.45) is 0.865. The molecule has 2 aromatic carbocycles. The summed E-state index contributed by atoms with van der Waals surface area (Å²) >= 11 is 0. The number of fused-ring (bicyclic) bond motifs is 1. The highest BCUT2D eigenvalue weighted by Crippen LogP contribution is 2.31. The maximum absolute atomic E-state index is 12.5. The molecule has 0 bridgehead atoms. The van der Waals surface area contributed by atoms with Crippen molar-refractivity contribution in [2.45, 2.75) is 30.0 Å². The van der Waals surface area contributed by atoms with Crippen LogP contribution in [0.4, 0.5) is 20.2 Å². The summed E-state index contributed by atoms with van der Waals surface area (Å²) in [6.45, 7) is 2.19. The van der Waals surface area contributed by atoms with Crippen molar-refractivity contribution in [3.8, 4) is 0 Å². The third kappa shape index (κ3) is 3.55. The van der Waals surface area contributed by atoms with Crippen molar-refractivity contribution in [2.24, 2.45) is 0 Å². The van der Waals surface area contributed by atoms with Crippen LogP contribution in [0.15, 0.2) is 53.4 Å². The maximum atomic E-state index is 12.5. The molecule has 0 radical (unpaired) electrons. The third-order valence-corrected chi connectivity index (χ3v) is 5.76. The number of hydrogen-bond donors (Lipinski definition) is 1. The van der Waals surface area contributed by atoms with E-state index in [4.69, 9.17) is 0 Å². The van der Waals surface area contributed by atoms with Crippen LogP contribution in [0.5, 0.6) is 0 Å². The van der Waals surface area contributed by atoms with Gasteiger partial charge in [-0.05, 0) is 49.2 Å². The number of rotatable bonds is 5. The van der Waals surface area contributed by atoms with Gasteiger partial charge in [0, 0.05) is 17.4 Å². The molecule has 0 fully saturated rings. The van der Waals surface area contributed by atoms with E-state index in [9.17, 15) is 22.0 Å². The van der Waals surface area contributed by atoms with E-state index in [2.05, 4.69) is 5.32 Å². The number of carbonyl (C=O) groups excluding carboxylic acids is 1. The van der Waals surface area contributed by atoms with Crippen molar-refractivity contribution in [3.63, 3.8) is 0 Å². The Balaban J connectivity index is 1.68. The highest BCUT2D eigenvalue weighted by molar-refractivity contribution is 7.91. The summed E-state index contributed by atoms with van der Waals surface area (Å²) in [4.78, 5) is 13.8. The Morgan fingerprint density at radius 2 is 1.85 bits per heavy atom. The van der Waals surface area contributed by atoms with Crippen LogP contribution < -0.4 is 10.2 Å². The Morgan fingerprint density at radius 1 is 1.19 bits per heavy atom. The van der Waals surface area contributed by atoms with Crippen LogP contribution in [0.2, 0.25) is 0 Å². The maximum Gasteiger partial charge on any atom is 0.341 e. The number of halogens is 2. The van der Waals surface area contributed by atoms with Crippen LogP contribution in [0, 0.1) is 0 Å². The Bertz CT molecular complexity index is 914. The average molecular weight is 380 g/mol. The zero-order chi connectivity index (χ0) is 18.9. The summed E-state index contributed by atoms with van der Waals surface area (Å²) in [5.74, 6) is -3.74. The minimum absolute atomic E-state index is 0.148. The zero-order valence-electron chi connectivity index (χ0n) is 14.0. The van der Waals surface area contributed by atoms with Crippen molar-refractivity contribution in [3.05, 3.63) is 54.1 Å². The van der Waals surface area contributed by atoms with E-state index in [0.717, 1.165) is 24.2 Å². The van der Waals surface area contributed by atoms with Gasteiger partial charge >= 0.3 is 5.76 Å². The van der Waals surface area contributed by atoms with E-state index in [0.29, 0.717) is 5.69 Å². The molecule has 1 aliphatic heterocycles. The molecule has 1 amide bonds. The van der Waals surface area contributed by atoms with Crippen molar-refractivity contribution < 1.29 is 22.0 Å². The summed E-state index contributed by atoms with van der Waals surface area (Å²) in [7, 11) is -4.64. The number of nitrogens with one attached hydrogen (secondary N) is 1. The van der Waals surface area contributed by atoms with Crippen LogP contribution in [-0.4, -0.2) is 32.7 Å². The van der Waals surface area contributed by atoms with Gasteiger partial charge in [0.25, 0.3) is 0 Å². The first-order valence-corrected chi connectivity index (χ1v) is 9.60. The summed E-state index contributed by atoms with van der Waals surface area (Å²) < 4.78 is 47.9. The molecule has 5 nitrogen and oxygen atoms in total. The minimum atomic E-state index is -4.64. The van der Waals surface area contributed by atoms with Crippen LogP contribution in [0.25, 0.3) is 0 Å². The molecule has 1 atom stereocenters. The predicted molar refractivity (Wildman–Crippen MR) is 95.2 cm³/mol. The number of nitrogens with zero attached hydrogens (tertiary/aromatic N) is 1. The molecule has 0 aliphatic carbocycles. The fraction of sp³-hybridized carbons (Fsp3) is 0.278. The number of hydrogen-bond acceptors (Lipinski definition) is 4. The lowest BCUT2D eigenvalue weighted by atomic mass is 10.1. The first kappa shape index (κ1) is 18.3. The van der Waals surface area contributed by atoms with Crippen LogP contribution in [0.3, 0.4) is 0 Å². The van der Waals surface area contributed by atoms with E-state index >= 15 is 0 Å². The Hall–Kier alpha value is -2.48. The van der Waals surface area contributed by atoms with Gasteiger partial charge in [-0.3, -0.25) is 4.79 Å². The molecule has 1 aliphatic rings. The molecule has 138 valence electrons. The van der Waals surface area contributed by atoms with Gasteiger partial charge in [-0.25, -0.2) is 8.42 Å². The average Bonchev–Trinajstić information content (AvgIpc) is 2.91. The van der Waals surface area contributed by atoms with Crippen molar-refractivity contribution in [2.75, 3.05) is 16.8 Å². The van der Waals surface area contributed by atoms with Gasteiger partial charge < -0.3 is 10.2 Å². The monoisotopic (exact) mass is 380 g/mol. The molecule has 0 saturated heterocycles. The highest BCUT2D eigenvalue weighted by Gasteiger charge is 2.28. The van der Waals surface area contributed by atoms with E-state index in [1.807, 2.05) is 36.1 Å². The van der Waals surface area contributed by atoms with Crippen LogP contribution in [-0.2, 0) is 21.1 Å². The zero-order valence-corrected chi connectivity index (χ0v) is 14.8. The fourth-order valence-electron chi connectivity index (χ4n) is 3.06. The number of amides is 1. The molecule has 2 aromatic rings.